The van der Waals surface area contributed by atoms with Crippen LogP contribution in [0, 0.1) is 6.92 Å². The van der Waals surface area contributed by atoms with E-state index in [1.807, 2.05) is 63.2 Å². The number of carbonyl (C=O) groups is 2. The van der Waals surface area contributed by atoms with Gasteiger partial charge in [-0.2, -0.15) is 0 Å². The molecule has 1 heterocycles. The highest BCUT2D eigenvalue weighted by Gasteiger charge is 2.47. The maximum absolute atomic E-state index is 13.5. The Hall–Kier alpha value is -4.09. The zero-order chi connectivity index (χ0) is 26.3. The second-order valence-electron chi connectivity index (χ2n) is 9.36. The number of hydrogen-bond acceptors (Lipinski definition) is 4. The lowest BCUT2D eigenvalue weighted by molar-refractivity contribution is -0.132. The molecule has 0 aromatic heterocycles. The number of ketones is 1. The van der Waals surface area contributed by atoms with Crippen molar-refractivity contribution in [3.8, 4) is 5.75 Å². The number of carbonyl (C=O) groups excluding carboxylic acids is 2. The summed E-state index contributed by atoms with van der Waals surface area (Å²) < 4.78 is 5.83. The quantitative estimate of drug-likeness (QED) is 0.174. The molecule has 1 aliphatic rings. The summed E-state index contributed by atoms with van der Waals surface area (Å²) in [5.41, 5.74) is 2.54. The molecule has 1 fully saturated rings. The van der Waals surface area contributed by atoms with E-state index in [0.29, 0.717) is 22.0 Å². The van der Waals surface area contributed by atoms with Gasteiger partial charge >= 0.3 is 0 Å². The van der Waals surface area contributed by atoms with Crippen LogP contribution in [0.1, 0.15) is 36.6 Å². The zero-order valence-electron chi connectivity index (χ0n) is 20.7. The summed E-state index contributed by atoms with van der Waals surface area (Å²) in [7, 11) is 0. The van der Waals surface area contributed by atoms with E-state index in [-0.39, 0.29) is 17.4 Å². The second kappa shape index (κ2) is 9.75. The first-order chi connectivity index (χ1) is 17.8. The lowest BCUT2D eigenvalue weighted by Crippen LogP contribution is -2.29. The molecule has 0 bridgehead atoms. The predicted molar refractivity (Wildman–Crippen MR) is 147 cm³/mol. The minimum absolute atomic E-state index is 0.00536. The maximum atomic E-state index is 13.5. The van der Waals surface area contributed by atoms with Crippen LogP contribution < -0.4 is 9.64 Å². The highest BCUT2D eigenvalue weighted by molar-refractivity contribution is 6.52. The van der Waals surface area contributed by atoms with E-state index >= 15 is 0 Å². The molecule has 0 radical (unpaired) electrons. The van der Waals surface area contributed by atoms with Crippen molar-refractivity contribution in [3.63, 3.8) is 0 Å². The predicted octanol–water partition coefficient (Wildman–Crippen LogP) is 7.22. The monoisotopic (exact) mass is 511 g/mol. The van der Waals surface area contributed by atoms with Crippen LogP contribution in [0.4, 0.5) is 5.69 Å². The third kappa shape index (κ3) is 4.47. The van der Waals surface area contributed by atoms with E-state index in [0.717, 1.165) is 21.9 Å². The highest BCUT2D eigenvalue weighted by Crippen LogP contribution is 2.44. The average Bonchev–Trinajstić information content (AvgIpc) is 3.14. The van der Waals surface area contributed by atoms with Crippen LogP contribution in [-0.4, -0.2) is 22.9 Å². The molecular formula is C31H26ClNO4. The zero-order valence-corrected chi connectivity index (χ0v) is 21.5. The number of aliphatic hydroxyl groups is 1. The standard InChI is InChI=1S/C31H26ClNO4/c1-18(2)37-26-16-11-21(17-19(26)3)29(34)27-28(25-10-6-8-20-7-4-5-9-24(20)25)33(31(36)30(27)35)23-14-12-22(32)13-15-23/h4-18,28,34H,1-3H3/b29-27-. The molecule has 1 unspecified atom stereocenters. The molecule has 1 saturated heterocycles. The first kappa shape index (κ1) is 24.6. The van der Waals surface area contributed by atoms with Gasteiger partial charge in [0.1, 0.15) is 11.5 Å². The van der Waals surface area contributed by atoms with Crippen molar-refractivity contribution in [1.82, 2.24) is 0 Å². The minimum atomic E-state index is -0.834. The summed E-state index contributed by atoms with van der Waals surface area (Å²) in [6.45, 7) is 5.76. The van der Waals surface area contributed by atoms with Crippen LogP contribution >= 0.6 is 11.6 Å². The molecule has 1 N–H and O–H groups in total. The number of Topliss-reactive ketones (excluding diaryl/α,β-unsaturated/α-hetero) is 1. The number of nitrogens with zero attached hydrogens (tertiary/aromatic N) is 1. The van der Waals surface area contributed by atoms with Gasteiger partial charge in [0.2, 0.25) is 0 Å². The first-order valence-corrected chi connectivity index (χ1v) is 12.5. The number of amides is 1. The van der Waals surface area contributed by atoms with Gasteiger partial charge in [-0.15, -0.1) is 0 Å². The van der Waals surface area contributed by atoms with Gasteiger partial charge in [-0.1, -0.05) is 54.1 Å². The molecule has 6 heteroatoms. The number of fused-ring (bicyclic) bond motifs is 1. The van der Waals surface area contributed by atoms with Crippen molar-refractivity contribution >= 4 is 45.5 Å². The summed E-state index contributed by atoms with van der Waals surface area (Å²) in [5, 5.41) is 13.9. The number of rotatable bonds is 5. The molecule has 1 amide bonds. The molecule has 1 atom stereocenters. The topological polar surface area (TPSA) is 66.8 Å². The molecule has 1 aliphatic heterocycles. The van der Waals surface area contributed by atoms with Crippen molar-refractivity contribution in [2.24, 2.45) is 0 Å². The van der Waals surface area contributed by atoms with Crippen molar-refractivity contribution in [2.45, 2.75) is 32.9 Å². The van der Waals surface area contributed by atoms with Crippen LogP contribution in [0.2, 0.25) is 5.02 Å². The Labute approximate surface area is 220 Å². The average molecular weight is 512 g/mol. The minimum Gasteiger partial charge on any atom is -0.507 e. The fourth-order valence-electron chi connectivity index (χ4n) is 4.82. The van der Waals surface area contributed by atoms with Gasteiger partial charge in [0, 0.05) is 16.3 Å². The Morgan fingerprint density at radius 3 is 2.35 bits per heavy atom. The Bertz CT molecular complexity index is 1550. The van der Waals surface area contributed by atoms with Gasteiger partial charge < -0.3 is 9.84 Å². The molecule has 37 heavy (non-hydrogen) atoms. The normalized spacial score (nSPS) is 17.1. The number of ether oxygens (including phenoxy) is 1. The number of halogens is 1. The van der Waals surface area contributed by atoms with Gasteiger partial charge in [0.15, 0.2) is 0 Å². The van der Waals surface area contributed by atoms with Crippen molar-refractivity contribution < 1.29 is 19.4 Å². The summed E-state index contributed by atoms with van der Waals surface area (Å²) in [6.07, 6.45) is -0.00536. The molecule has 4 aromatic rings. The maximum Gasteiger partial charge on any atom is 0.300 e. The van der Waals surface area contributed by atoms with Crippen LogP contribution in [-0.2, 0) is 9.59 Å². The summed E-state index contributed by atoms with van der Waals surface area (Å²) >= 11 is 6.10. The Balaban J connectivity index is 1.74. The Morgan fingerprint density at radius 1 is 0.946 bits per heavy atom. The third-order valence-electron chi connectivity index (χ3n) is 6.48. The first-order valence-electron chi connectivity index (χ1n) is 12.1. The van der Waals surface area contributed by atoms with Crippen molar-refractivity contribution in [2.75, 3.05) is 4.90 Å². The lowest BCUT2D eigenvalue weighted by atomic mass is 9.91. The SMILES string of the molecule is Cc1cc(/C(O)=C2/C(=O)C(=O)N(c3ccc(Cl)cc3)C2c2cccc3ccccc23)ccc1OC(C)C. The van der Waals surface area contributed by atoms with Crippen molar-refractivity contribution in [3.05, 3.63) is 112 Å². The number of anilines is 1. The molecule has 5 rings (SSSR count). The van der Waals surface area contributed by atoms with Crippen LogP contribution in [0.3, 0.4) is 0 Å². The van der Waals surface area contributed by atoms with E-state index in [4.69, 9.17) is 16.3 Å². The van der Waals surface area contributed by atoms with Gasteiger partial charge in [-0.25, -0.2) is 0 Å². The Kier molecular flexibility index (Phi) is 6.48. The van der Waals surface area contributed by atoms with Crippen molar-refractivity contribution in [1.29, 1.82) is 0 Å². The van der Waals surface area contributed by atoms with E-state index in [1.54, 1.807) is 42.5 Å². The molecule has 186 valence electrons. The largest absolute Gasteiger partial charge is 0.507 e. The summed E-state index contributed by atoms with van der Waals surface area (Å²) in [4.78, 5) is 28.4. The van der Waals surface area contributed by atoms with Gasteiger partial charge in [0.05, 0.1) is 17.7 Å². The van der Waals surface area contributed by atoms with E-state index in [9.17, 15) is 14.7 Å². The fraction of sp³-hybridized carbons (Fsp3) is 0.161. The third-order valence-corrected chi connectivity index (χ3v) is 6.73. The number of hydrogen-bond donors (Lipinski definition) is 1. The van der Waals surface area contributed by atoms with Gasteiger partial charge in [-0.3, -0.25) is 14.5 Å². The van der Waals surface area contributed by atoms with E-state index in [1.165, 1.54) is 4.90 Å². The van der Waals surface area contributed by atoms with Gasteiger partial charge in [0.25, 0.3) is 11.7 Å². The fourth-order valence-corrected chi connectivity index (χ4v) is 4.95. The number of aliphatic hydroxyl groups excluding tert-OH is 1. The van der Waals surface area contributed by atoms with Crippen LogP contribution in [0.25, 0.3) is 16.5 Å². The van der Waals surface area contributed by atoms with Crippen LogP contribution in [0.5, 0.6) is 5.75 Å². The molecule has 0 spiro atoms. The number of benzene rings is 4. The molecule has 0 aliphatic carbocycles. The van der Waals surface area contributed by atoms with Gasteiger partial charge in [-0.05, 0) is 85.1 Å². The second-order valence-corrected chi connectivity index (χ2v) is 9.80. The smallest absolute Gasteiger partial charge is 0.300 e. The highest BCUT2D eigenvalue weighted by atomic mass is 35.5. The summed E-state index contributed by atoms with van der Waals surface area (Å²) in [5.74, 6) is -0.991. The molecular weight excluding hydrogens is 486 g/mol. The molecule has 5 nitrogen and oxygen atoms in total. The lowest BCUT2D eigenvalue weighted by Gasteiger charge is -2.26. The van der Waals surface area contributed by atoms with E-state index in [2.05, 4.69) is 0 Å². The Morgan fingerprint density at radius 2 is 1.65 bits per heavy atom. The molecule has 4 aromatic carbocycles. The molecule has 0 saturated carbocycles. The van der Waals surface area contributed by atoms with Crippen LogP contribution in [0.15, 0.2) is 90.5 Å². The van der Waals surface area contributed by atoms with E-state index < -0.39 is 17.7 Å². The number of aryl methyl sites for hydroxylation is 1. The summed E-state index contributed by atoms with van der Waals surface area (Å²) in [6, 6.07) is 24.7.